The Bertz CT molecular complexity index is 1100. The summed E-state index contributed by atoms with van der Waals surface area (Å²) in [6.45, 7) is 6.14. The highest BCUT2D eigenvalue weighted by atomic mass is 16.3. The summed E-state index contributed by atoms with van der Waals surface area (Å²) in [7, 11) is 0. The molecule has 0 unspecified atom stereocenters. The molecule has 0 saturated heterocycles. The maximum atomic E-state index is 6.13. The van der Waals surface area contributed by atoms with Gasteiger partial charge in [-0.15, -0.1) is 0 Å². The second kappa shape index (κ2) is 6.93. The van der Waals surface area contributed by atoms with E-state index in [4.69, 9.17) is 4.42 Å². The average Bonchev–Trinajstić information content (AvgIpc) is 3.04. The number of benzene rings is 3. The molecule has 2 nitrogen and oxygen atoms in total. The molecule has 3 aromatic carbocycles. The van der Waals surface area contributed by atoms with E-state index in [1.54, 1.807) is 0 Å². The molecule has 2 heteroatoms. The van der Waals surface area contributed by atoms with Crippen LogP contribution in [0.15, 0.2) is 95.6 Å². The summed E-state index contributed by atoms with van der Waals surface area (Å²) >= 11 is 0. The Balaban J connectivity index is 1.80. The van der Waals surface area contributed by atoms with Gasteiger partial charge in [0.2, 0.25) is 0 Å². The third-order valence-corrected chi connectivity index (χ3v) is 4.44. The number of hydrogen-bond acceptors (Lipinski definition) is 2. The number of nitrogens with one attached hydrogen (secondary N) is 1. The van der Waals surface area contributed by atoms with Crippen molar-refractivity contribution in [2.45, 2.75) is 13.3 Å². The van der Waals surface area contributed by atoms with E-state index in [1.165, 1.54) is 11.1 Å². The van der Waals surface area contributed by atoms with E-state index in [1.807, 2.05) is 30.3 Å². The van der Waals surface area contributed by atoms with Crippen LogP contribution in [-0.2, 0) is 0 Å². The number of fused-ring (bicyclic) bond motifs is 3. The molecule has 0 aliphatic heterocycles. The minimum absolute atomic E-state index is 0.868. The predicted octanol–water partition coefficient (Wildman–Crippen LogP) is 7.14. The minimum Gasteiger partial charge on any atom is -0.456 e. The summed E-state index contributed by atoms with van der Waals surface area (Å²) in [5.74, 6) is 0. The van der Waals surface area contributed by atoms with Crippen molar-refractivity contribution >= 4 is 27.6 Å². The molecular formula is C24H21NO. The highest BCUT2D eigenvalue weighted by Gasteiger charge is 2.12. The lowest BCUT2D eigenvalue weighted by molar-refractivity contribution is 0.669. The Kier molecular flexibility index (Phi) is 4.32. The molecule has 0 saturated carbocycles. The fraction of sp³-hybridized carbons (Fsp3) is 0.0833. The molecule has 1 aromatic heterocycles. The first-order valence-electron chi connectivity index (χ1n) is 8.89. The number of hydrogen-bond donors (Lipinski definition) is 1. The van der Waals surface area contributed by atoms with Crippen molar-refractivity contribution in [3.05, 3.63) is 91.2 Å². The molecule has 1 heterocycles. The van der Waals surface area contributed by atoms with Crippen LogP contribution in [0, 0.1) is 0 Å². The zero-order valence-corrected chi connectivity index (χ0v) is 14.8. The lowest BCUT2D eigenvalue weighted by Crippen LogP contribution is -1.94. The second-order valence-electron chi connectivity index (χ2n) is 6.32. The van der Waals surface area contributed by atoms with Gasteiger partial charge in [0, 0.05) is 28.2 Å². The maximum absolute atomic E-state index is 6.13. The van der Waals surface area contributed by atoms with Gasteiger partial charge >= 0.3 is 0 Å². The molecule has 0 aliphatic rings. The van der Waals surface area contributed by atoms with Crippen LogP contribution in [0.3, 0.4) is 0 Å². The first kappa shape index (κ1) is 16.2. The van der Waals surface area contributed by atoms with E-state index in [0.717, 1.165) is 39.7 Å². The number of anilines is 1. The smallest absolute Gasteiger partial charge is 0.137 e. The van der Waals surface area contributed by atoms with Crippen LogP contribution in [0.5, 0.6) is 0 Å². The molecule has 0 atom stereocenters. The van der Waals surface area contributed by atoms with E-state index in [9.17, 15) is 0 Å². The van der Waals surface area contributed by atoms with E-state index in [0.29, 0.717) is 0 Å². The first-order valence-corrected chi connectivity index (χ1v) is 8.89. The molecule has 0 radical (unpaired) electrons. The summed E-state index contributed by atoms with van der Waals surface area (Å²) in [5, 5.41) is 5.60. The van der Waals surface area contributed by atoms with Crippen molar-refractivity contribution in [1.29, 1.82) is 0 Å². The zero-order chi connectivity index (χ0) is 17.9. The molecule has 1 N–H and O–H groups in total. The quantitative estimate of drug-likeness (QED) is 0.391. The van der Waals surface area contributed by atoms with E-state index >= 15 is 0 Å². The Hall–Kier alpha value is -3.26. The first-order chi connectivity index (χ1) is 12.8. The van der Waals surface area contributed by atoms with Crippen molar-refractivity contribution < 1.29 is 4.42 Å². The summed E-state index contributed by atoms with van der Waals surface area (Å²) in [4.78, 5) is 0. The van der Waals surface area contributed by atoms with Gasteiger partial charge < -0.3 is 9.73 Å². The molecule has 0 fully saturated rings. The van der Waals surface area contributed by atoms with Crippen molar-refractivity contribution in [2.75, 3.05) is 5.32 Å². The highest BCUT2D eigenvalue weighted by Crippen LogP contribution is 2.37. The molecule has 0 aliphatic carbocycles. The Morgan fingerprint density at radius 2 is 1.85 bits per heavy atom. The van der Waals surface area contributed by atoms with Crippen LogP contribution >= 0.6 is 0 Å². The normalized spacial score (nSPS) is 11.4. The number of allylic oxidation sites excluding steroid dienone is 2. The van der Waals surface area contributed by atoms with Gasteiger partial charge in [-0.2, -0.15) is 0 Å². The van der Waals surface area contributed by atoms with Crippen LogP contribution in [-0.4, -0.2) is 0 Å². The standard InChI is InChI=1S/C24H21NO/c1-3-4-9-17(2)25-19-14-15-21-23(16-19)26-22-13-8-12-20(24(21)22)18-10-6-5-7-11-18/h4-16,25H,2-3H2,1H3/b9-4-. The highest BCUT2D eigenvalue weighted by molar-refractivity contribution is 6.12. The van der Waals surface area contributed by atoms with Crippen molar-refractivity contribution in [1.82, 2.24) is 0 Å². The minimum atomic E-state index is 0.868. The Labute approximate surface area is 153 Å². The summed E-state index contributed by atoms with van der Waals surface area (Å²) in [6.07, 6.45) is 5.07. The fourth-order valence-electron chi connectivity index (χ4n) is 3.25. The van der Waals surface area contributed by atoms with Gasteiger partial charge in [0.25, 0.3) is 0 Å². The summed E-state index contributed by atoms with van der Waals surface area (Å²) in [6, 6.07) is 22.9. The summed E-state index contributed by atoms with van der Waals surface area (Å²) in [5.41, 5.74) is 6.01. The van der Waals surface area contributed by atoms with Gasteiger partial charge in [-0.3, -0.25) is 0 Å². The van der Waals surface area contributed by atoms with Crippen molar-refractivity contribution in [3.8, 4) is 11.1 Å². The van der Waals surface area contributed by atoms with Gasteiger partial charge in [-0.1, -0.05) is 62.0 Å². The number of rotatable bonds is 5. The van der Waals surface area contributed by atoms with Gasteiger partial charge in [0.15, 0.2) is 0 Å². The zero-order valence-electron chi connectivity index (χ0n) is 14.8. The van der Waals surface area contributed by atoms with E-state index in [-0.39, 0.29) is 0 Å². The average molecular weight is 339 g/mol. The van der Waals surface area contributed by atoms with Gasteiger partial charge in [-0.25, -0.2) is 0 Å². The van der Waals surface area contributed by atoms with Crippen LogP contribution < -0.4 is 5.32 Å². The van der Waals surface area contributed by atoms with Crippen molar-refractivity contribution in [3.63, 3.8) is 0 Å². The van der Waals surface area contributed by atoms with Crippen LogP contribution in [0.25, 0.3) is 33.1 Å². The lowest BCUT2D eigenvalue weighted by Gasteiger charge is -2.06. The molecule has 4 aromatic rings. The van der Waals surface area contributed by atoms with E-state index < -0.39 is 0 Å². The second-order valence-corrected chi connectivity index (χ2v) is 6.32. The molecule has 26 heavy (non-hydrogen) atoms. The van der Waals surface area contributed by atoms with E-state index in [2.05, 4.69) is 67.4 Å². The van der Waals surface area contributed by atoms with Gasteiger partial charge in [0.05, 0.1) is 0 Å². The largest absolute Gasteiger partial charge is 0.456 e. The van der Waals surface area contributed by atoms with Crippen LogP contribution in [0.1, 0.15) is 13.3 Å². The summed E-state index contributed by atoms with van der Waals surface area (Å²) < 4.78 is 6.13. The molecule has 4 rings (SSSR count). The van der Waals surface area contributed by atoms with Crippen molar-refractivity contribution in [2.24, 2.45) is 0 Å². The van der Waals surface area contributed by atoms with Crippen LogP contribution in [0.2, 0.25) is 0 Å². The maximum Gasteiger partial charge on any atom is 0.137 e. The fourth-order valence-corrected chi connectivity index (χ4v) is 3.25. The molecule has 0 bridgehead atoms. The SMILES string of the molecule is C=C(/C=C\CC)Nc1ccc2c(c1)oc1cccc(-c3ccccc3)c12. The van der Waals surface area contributed by atoms with Crippen LogP contribution in [0.4, 0.5) is 5.69 Å². The predicted molar refractivity (Wildman–Crippen MR) is 111 cm³/mol. The monoisotopic (exact) mass is 339 g/mol. The Morgan fingerprint density at radius 1 is 1.00 bits per heavy atom. The lowest BCUT2D eigenvalue weighted by atomic mass is 9.99. The third-order valence-electron chi connectivity index (χ3n) is 4.44. The third kappa shape index (κ3) is 3.02. The molecular weight excluding hydrogens is 318 g/mol. The topological polar surface area (TPSA) is 25.2 Å². The number of furan rings is 1. The molecule has 0 amide bonds. The Morgan fingerprint density at radius 3 is 2.65 bits per heavy atom. The molecule has 128 valence electrons. The van der Waals surface area contributed by atoms with Gasteiger partial charge in [-0.05, 0) is 41.8 Å². The van der Waals surface area contributed by atoms with Gasteiger partial charge in [0.1, 0.15) is 11.2 Å². The molecule has 0 spiro atoms.